The van der Waals surface area contributed by atoms with Gasteiger partial charge in [0.05, 0.1) is 16.7 Å². The van der Waals surface area contributed by atoms with Gasteiger partial charge in [-0.3, -0.25) is 9.88 Å². The van der Waals surface area contributed by atoms with Gasteiger partial charge in [-0.1, -0.05) is 25.2 Å². The quantitative estimate of drug-likeness (QED) is 0.770. The van der Waals surface area contributed by atoms with Crippen molar-refractivity contribution in [3.8, 4) is 0 Å². The van der Waals surface area contributed by atoms with Crippen LogP contribution in [0.15, 0.2) is 24.4 Å². The molecule has 1 atom stereocenters. The molecule has 0 aliphatic carbocycles. The van der Waals surface area contributed by atoms with E-state index in [1.807, 2.05) is 25.1 Å². The summed E-state index contributed by atoms with van der Waals surface area (Å²) in [5.74, 6) is 0. The van der Waals surface area contributed by atoms with E-state index in [4.69, 9.17) is 18.0 Å². The maximum Gasteiger partial charge on any atom is 0.0899 e. The lowest BCUT2D eigenvalue weighted by Crippen LogP contribution is -2.41. The SMILES string of the molecule is CCN(Cc1ccccn1)C(C)C(N)=S. The maximum absolute atomic E-state index is 5.64. The number of nitrogens with zero attached hydrogens (tertiary/aromatic N) is 2. The van der Waals surface area contributed by atoms with Gasteiger partial charge in [0.1, 0.15) is 0 Å². The van der Waals surface area contributed by atoms with Crippen molar-refractivity contribution in [2.24, 2.45) is 5.73 Å². The van der Waals surface area contributed by atoms with Gasteiger partial charge in [-0.15, -0.1) is 0 Å². The second-order valence-corrected chi connectivity index (χ2v) is 3.93. The molecule has 0 aliphatic rings. The first-order valence-electron chi connectivity index (χ1n) is 5.08. The van der Waals surface area contributed by atoms with Crippen molar-refractivity contribution in [2.45, 2.75) is 26.4 Å². The number of hydrogen-bond donors (Lipinski definition) is 1. The van der Waals surface area contributed by atoms with Crippen molar-refractivity contribution in [2.75, 3.05) is 6.54 Å². The Hall–Kier alpha value is -1.00. The van der Waals surface area contributed by atoms with E-state index in [9.17, 15) is 0 Å². The monoisotopic (exact) mass is 223 g/mol. The number of thiocarbonyl (C=S) groups is 1. The summed E-state index contributed by atoms with van der Waals surface area (Å²) in [4.78, 5) is 7.02. The molecule has 1 rings (SSSR count). The number of nitrogens with two attached hydrogens (primary N) is 1. The predicted octanol–water partition coefficient (Wildman–Crippen LogP) is 1.58. The molecule has 0 saturated heterocycles. The first-order chi connectivity index (χ1) is 7.15. The van der Waals surface area contributed by atoms with Crippen molar-refractivity contribution < 1.29 is 0 Å². The molecule has 0 amide bonds. The van der Waals surface area contributed by atoms with E-state index in [1.165, 1.54) is 0 Å². The molecule has 15 heavy (non-hydrogen) atoms. The topological polar surface area (TPSA) is 42.2 Å². The number of likely N-dealkylation sites (N-methyl/N-ethyl adjacent to an activating group) is 1. The third-order valence-corrected chi connectivity index (χ3v) is 2.80. The van der Waals surface area contributed by atoms with E-state index >= 15 is 0 Å². The smallest absolute Gasteiger partial charge is 0.0899 e. The lowest BCUT2D eigenvalue weighted by atomic mass is 10.2. The summed E-state index contributed by atoms with van der Waals surface area (Å²) < 4.78 is 0. The summed E-state index contributed by atoms with van der Waals surface area (Å²) in [7, 11) is 0. The van der Waals surface area contributed by atoms with E-state index in [0.29, 0.717) is 4.99 Å². The van der Waals surface area contributed by atoms with Crippen molar-refractivity contribution in [3.05, 3.63) is 30.1 Å². The first-order valence-corrected chi connectivity index (χ1v) is 5.49. The molecule has 0 aromatic carbocycles. The fourth-order valence-electron chi connectivity index (χ4n) is 1.40. The zero-order chi connectivity index (χ0) is 11.3. The van der Waals surface area contributed by atoms with Gasteiger partial charge in [0.2, 0.25) is 0 Å². The Morgan fingerprint density at radius 2 is 2.33 bits per heavy atom. The van der Waals surface area contributed by atoms with Crippen LogP contribution in [0.5, 0.6) is 0 Å². The number of aromatic nitrogens is 1. The fraction of sp³-hybridized carbons (Fsp3) is 0.455. The number of hydrogen-bond acceptors (Lipinski definition) is 3. The van der Waals surface area contributed by atoms with Crippen molar-refractivity contribution >= 4 is 17.2 Å². The highest BCUT2D eigenvalue weighted by Gasteiger charge is 2.14. The molecule has 1 aromatic rings. The summed E-state index contributed by atoms with van der Waals surface area (Å²) in [5, 5.41) is 0. The third kappa shape index (κ3) is 3.57. The van der Waals surface area contributed by atoms with Crippen LogP contribution in [0.1, 0.15) is 19.5 Å². The van der Waals surface area contributed by atoms with Crippen LogP contribution in [0.2, 0.25) is 0 Å². The first kappa shape index (κ1) is 12.1. The third-order valence-electron chi connectivity index (χ3n) is 2.46. The van der Waals surface area contributed by atoms with E-state index in [1.54, 1.807) is 6.20 Å². The highest BCUT2D eigenvalue weighted by molar-refractivity contribution is 7.80. The average molecular weight is 223 g/mol. The molecule has 0 bridgehead atoms. The normalized spacial score (nSPS) is 12.7. The molecule has 4 heteroatoms. The summed E-state index contributed by atoms with van der Waals surface area (Å²) in [5.41, 5.74) is 6.68. The summed E-state index contributed by atoms with van der Waals surface area (Å²) in [6.07, 6.45) is 1.80. The predicted molar refractivity (Wildman–Crippen MR) is 66.6 cm³/mol. The van der Waals surface area contributed by atoms with Crippen molar-refractivity contribution in [1.29, 1.82) is 0 Å². The van der Waals surface area contributed by atoms with Gasteiger partial charge in [0.15, 0.2) is 0 Å². The Kier molecular flexibility index (Phi) is 4.65. The van der Waals surface area contributed by atoms with Gasteiger partial charge in [0, 0.05) is 12.7 Å². The summed E-state index contributed by atoms with van der Waals surface area (Å²) in [6, 6.07) is 6.03. The fourth-order valence-corrected chi connectivity index (χ4v) is 1.55. The van der Waals surface area contributed by atoms with Gasteiger partial charge in [-0.25, -0.2) is 0 Å². The number of rotatable bonds is 5. The van der Waals surface area contributed by atoms with E-state index in [0.717, 1.165) is 18.8 Å². The van der Waals surface area contributed by atoms with E-state index in [-0.39, 0.29) is 6.04 Å². The molecule has 2 N–H and O–H groups in total. The zero-order valence-corrected chi connectivity index (χ0v) is 10.00. The van der Waals surface area contributed by atoms with Crippen molar-refractivity contribution in [1.82, 2.24) is 9.88 Å². The average Bonchev–Trinajstić information content (AvgIpc) is 2.26. The molecule has 1 aromatic heterocycles. The van der Waals surface area contributed by atoms with E-state index < -0.39 is 0 Å². The van der Waals surface area contributed by atoms with Crippen LogP contribution >= 0.6 is 12.2 Å². The molecule has 0 radical (unpaired) electrons. The Morgan fingerprint density at radius 3 is 2.80 bits per heavy atom. The van der Waals surface area contributed by atoms with Crippen LogP contribution in [0, 0.1) is 0 Å². The summed E-state index contributed by atoms with van der Waals surface area (Å²) in [6.45, 7) is 5.82. The lowest BCUT2D eigenvalue weighted by Gasteiger charge is -2.26. The molecule has 82 valence electrons. The molecular formula is C11H17N3S. The second kappa shape index (κ2) is 5.78. The van der Waals surface area contributed by atoms with Crippen LogP contribution in [-0.4, -0.2) is 27.5 Å². The molecule has 0 aliphatic heterocycles. The molecule has 1 heterocycles. The molecule has 1 unspecified atom stereocenters. The van der Waals surface area contributed by atoms with Crippen LogP contribution in [0.3, 0.4) is 0 Å². The number of pyridine rings is 1. The largest absolute Gasteiger partial charge is 0.392 e. The molecule has 3 nitrogen and oxygen atoms in total. The van der Waals surface area contributed by atoms with Crippen LogP contribution in [0.25, 0.3) is 0 Å². The Morgan fingerprint density at radius 1 is 1.60 bits per heavy atom. The van der Waals surface area contributed by atoms with E-state index in [2.05, 4.69) is 16.8 Å². The molecule has 0 fully saturated rings. The highest BCUT2D eigenvalue weighted by Crippen LogP contribution is 2.05. The minimum Gasteiger partial charge on any atom is -0.392 e. The van der Waals surface area contributed by atoms with Gasteiger partial charge < -0.3 is 5.73 Å². The van der Waals surface area contributed by atoms with Gasteiger partial charge >= 0.3 is 0 Å². The Bertz CT molecular complexity index is 313. The van der Waals surface area contributed by atoms with Gasteiger partial charge in [-0.2, -0.15) is 0 Å². The summed E-state index contributed by atoms with van der Waals surface area (Å²) >= 11 is 4.99. The molecule has 0 spiro atoms. The molecule has 0 saturated carbocycles. The van der Waals surface area contributed by atoms with Gasteiger partial charge in [0.25, 0.3) is 0 Å². The minimum atomic E-state index is 0.118. The zero-order valence-electron chi connectivity index (χ0n) is 9.18. The van der Waals surface area contributed by atoms with Crippen LogP contribution in [-0.2, 0) is 6.54 Å². The Labute approximate surface area is 96.3 Å². The van der Waals surface area contributed by atoms with Crippen LogP contribution < -0.4 is 5.73 Å². The maximum atomic E-state index is 5.64. The van der Waals surface area contributed by atoms with Gasteiger partial charge in [-0.05, 0) is 25.6 Å². The molecular weight excluding hydrogens is 206 g/mol. The minimum absolute atomic E-state index is 0.118. The standard InChI is InChI=1S/C11H17N3S/c1-3-14(9(2)11(12)15)8-10-6-4-5-7-13-10/h4-7,9H,3,8H2,1-2H3,(H2,12,15). The Balaban J connectivity index is 2.66. The van der Waals surface area contributed by atoms with Crippen molar-refractivity contribution in [3.63, 3.8) is 0 Å². The highest BCUT2D eigenvalue weighted by atomic mass is 32.1. The second-order valence-electron chi connectivity index (χ2n) is 3.46. The lowest BCUT2D eigenvalue weighted by molar-refractivity contribution is 0.256. The van der Waals surface area contributed by atoms with Crippen LogP contribution in [0.4, 0.5) is 0 Å².